The van der Waals surface area contributed by atoms with Crippen LogP contribution in [0.4, 0.5) is 0 Å². The van der Waals surface area contributed by atoms with Crippen LogP contribution in [-0.2, 0) is 11.8 Å². The number of nitrogens with zero attached hydrogens (tertiary/aromatic N) is 2. The van der Waals surface area contributed by atoms with E-state index in [2.05, 4.69) is 10.3 Å². The summed E-state index contributed by atoms with van der Waals surface area (Å²) >= 11 is 0. The fourth-order valence-corrected chi connectivity index (χ4v) is 3.96. The molecule has 168 valence electrons. The van der Waals surface area contributed by atoms with Crippen molar-refractivity contribution in [2.45, 2.75) is 12.0 Å². The van der Waals surface area contributed by atoms with E-state index in [9.17, 15) is 4.79 Å². The summed E-state index contributed by atoms with van der Waals surface area (Å²) in [4.78, 5) is 18.4. The molecule has 0 aliphatic heterocycles. The number of carbonyl (C=O) groups is 1. The highest BCUT2D eigenvalue weighted by Gasteiger charge is 2.28. The Morgan fingerprint density at radius 3 is 1.85 bits per heavy atom. The lowest BCUT2D eigenvalue weighted by Crippen LogP contribution is -2.35. The van der Waals surface area contributed by atoms with Crippen molar-refractivity contribution in [3.05, 3.63) is 114 Å². The lowest BCUT2D eigenvalue weighted by Gasteiger charge is -2.24. The summed E-state index contributed by atoms with van der Waals surface area (Å²) in [7, 11) is 5.12. The van der Waals surface area contributed by atoms with Gasteiger partial charge in [0.05, 0.1) is 20.1 Å². The normalized spacial score (nSPS) is 11.8. The van der Waals surface area contributed by atoms with Gasteiger partial charge in [0.15, 0.2) is 0 Å². The van der Waals surface area contributed by atoms with Crippen LogP contribution >= 0.6 is 0 Å². The van der Waals surface area contributed by atoms with Crippen molar-refractivity contribution in [3.63, 3.8) is 0 Å². The Hall–Kier alpha value is -4.06. The molecule has 0 saturated heterocycles. The van der Waals surface area contributed by atoms with Crippen molar-refractivity contribution in [3.8, 4) is 11.5 Å². The molecule has 33 heavy (non-hydrogen) atoms. The number of aryl methyl sites for hydroxylation is 1. The zero-order chi connectivity index (χ0) is 23.2. The molecular formula is C27H27N3O3. The first-order valence-corrected chi connectivity index (χ1v) is 10.7. The van der Waals surface area contributed by atoms with E-state index in [-0.39, 0.29) is 5.91 Å². The van der Waals surface area contributed by atoms with Crippen LogP contribution in [0.1, 0.15) is 34.5 Å². The van der Waals surface area contributed by atoms with E-state index < -0.39 is 12.0 Å². The zero-order valence-corrected chi connectivity index (χ0v) is 18.9. The van der Waals surface area contributed by atoms with E-state index in [1.165, 1.54) is 0 Å². The minimum atomic E-state index is -0.503. The molecule has 0 saturated carbocycles. The van der Waals surface area contributed by atoms with Gasteiger partial charge in [0.1, 0.15) is 23.4 Å². The smallest absolute Gasteiger partial charge is 0.232 e. The molecule has 0 aliphatic rings. The Bertz CT molecular complexity index is 1140. The largest absolute Gasteiger partial charge is 0.497 e. The van der Waals surface area contributed by atoms with Crippen molar-refractivity contribution in [2.75, 3.05) is 14.2 Å². The van der Waals surface area contributed by atoms with Gasteiger partial charge in [-0.05, 0) is 28.8 Å². The van der Waals surface area contributed by atoms with Crippen LogP contribution < -0.4 is 14.8 Å². The predicted octanol–water partition coefficient (Wildman–Crippen LogP) is 4.48. The quantitative estimate of drug-likeness (QED) is 0.438. The number of carbonyl (C=O) groups excluding carboxylic acids is 1. The second-order valence-corrected chi connectivity index (χ2v) is 7.74. The van der Waals surface area contributed by atoms with Crippen LogP contribution in [0.15, 0.2) is 91.3 Å². The van der Waals surface area contributed by atoms with Gasteiger partial charge in [-0.2, -0.15) is 0 Å². The maximum Gasteiger partial charge on any atom is 0.232 e. The maximum atomic E-state index is 13.8. The number of aromatic nitrogens is 2. The van der Waals surface area contributed by atoms with Gasteiger partial charge in [-0.15, -0.1) is 0 Å². The van der Waals surface area contributed by atoms with E-state index in [0.717, 1.165) is 16.7 Å². The summed E-state index contributed by atoms with van der Waals surface area (Å²) in [6.45, 7) is 0. The Kier molecular flexibility index (Phi) is 6.74. The fourth-order valence-electron chi connectivity index (χ4n) is 3.96. The molecule has 4 rings (SSSR count). The van der Waals surface area contributed by atoms with E-state index >= 15 is 0 Å². The number of benzene rings is 3. The molecule has 0 aliphatic carbocycles. The number of ether oxygens (including phenoxy) is 2. The molecular weight excluding hydrogens is 414 g/mol. The third-order valence-electron chi connectivity index (χ3n) is 5.64. The van der Waals surface area contributed by atoms with Gasteiger partial charge >= 0.3 is 0 Å². The molecule has 6 heteroatoms. The Balaban J connectivity index is 1.77. The maximum absolute atomic E-state index is 13.8. The van der Waals surface area contributed by atoms with Gasteiger partial charge in [-0.3, -0.25) is 4.79 Å². The molecule has 1 amide bonds. The van der Waals surface area contributed by atoms with Crippen LogP contribution in [0, 0.1) is 0 Å². The van der Waals surface area contributed by atoms with Crippen LogP contribution in [0.3, 0.4) is 0 Å². The summed E-state index contributed by atoms with van der Waals surface area (Å²) in [5, 5.41) is 3.24. The van der Waals surface area contributed by atoms with Gasteiger partial charge in [-0.25, -0.2) is 4.98 Å². The molecule has 0 unspecified atom stereocenters. The molecule has 1 atom stereocenters. The van der Waals surface area contributed by atoms with Crippen LogP contribution in [-0.4, -0.2) is 29.7 Å². The Labute approximate surface area is 193 Å². The standard InChI is InChI=1S/C27H27N3O3/c1-30-15-14-28-26(30)25(21-16-22(32-2)18-23(17-21)33-3)29-27(31)24(19-10-6-4-7-11-19)20-12-8-5-9-13-20/h4-18,24-25H,1-3H3,(H,29,31)/t25-/m1/s1. The lowest BCUT2D eigenvalue weighted by atomic mass is 9.90. The van der Waals surface area contributed by atoms with Gasteiger partial charge in [0.25, 0.3) is 0 Å². The van der Waals surface area contributed by atoms with Crippen LogP contribution in [0.5, 0.6) is 11.5 Å². The lowest BCUT2D eigenvalue weighted by molar-refractivity contribution is -0.122. The molecule has 3 aromatic carbocycles. The number of imidazole rings is 1. The molecule has 1 N–H and O–H groups in total. The third-order valence-corrected chi connectivity index (χ3v) is 5.64. The first kappa shape index (κ1) is 22.1. The highest BCUT2D eigenvalue weighted by atomic mass is 16.5. The van der Waals surface area contributed by atoms with Crippen molar-refractivity contribution in [2.24, 2.45) is 7.05 Å². The van der Waals surface area contributed by atoms with E-state index in [1.807, 2.05) is 90.6 Å². The van der Waals surface area contributed by atoms with Crippen molar-refractivity contribution < 1.29 is 14.3 Å². The number of hydrogen-bond acceptors (Lipinski definition) is 4. The van der Waals surface area contributed by atoms with Gasteiger partial charge in [0.2, 0.25) is 5.91 Å². The predicted molar refractivity (Wildman–Crippen MR) is 127 cm³/mol. The molecule has 0 spiro atoms. The fraction of sp³-hybridized carbons (Fsp3) is 0.185. The van der Waals surface area contributed by atoms with Crippen molar-refractivity contribution >= 4 is 5.91 Å². The first-order valence-electron chi connectivity index (χ1n) is 10.7. The number of rotatable bonds is 8. The van der Waals surface area contributed by atoms with Crippen LogP contribution in [0.2, 0.25) is 0 Å². The van der Waals surface area contributed by atoms with E-state index in [1.54, 1.807) is 26.5 Å². The SMILES string of the molecule is COc1cc(OC)cc([C@@H](NC(=O)C(c2ccccc2)c2ccccc2)c2nccn2C)c1. The van der Waals surface area contributed by atoms with Crippen molar-refractivity contribution in [1.29, 1.82) is 0 Å². The van der Waals surface area contributed by atoms with E-state index in [0.29, 0.717) is 17.3 Å². The molecule has 1 aromatic heterocycles. The molecule has 0 fully saturated rings. The molecule has 0 bridgehead atoms. The minimum absolute atomic E-state index is 0.123. The van der Waals surface area contributed by atoms with E-state index in [4.69, 9.17) is 9.47 Å². The van der Waals surface area contributed by atoms with Crippen LogP contribution in [0.25, 0.3) is 0 Å². The first-order chi connectivity index (χ1) is 16.1. The summed E-state index contributed by atoms with van der Waals surface area (Å²) in [5.74, 6) is 1.39. The zero-order valence-electron chi connectivity index (χ0n) is 18.9. The number of methoxy groups -OCH3 is 2. The highest BCUT2D eigenvalue weighted by molar-refractivity contribution is 5.87. The Morgan fingerprint density at radius 2 is 1.39 bits per heavy atom. The summed E-state index contributed by atoms with van der Waals surface area (Å²) in [6.07, 6.45) is 3.58. The van der Waals surface area contributed by atoms with Crippen molar-refractivity contribution in [1.82, 2.24) is 14.9 Å². The third kappa shape index (κ3) is 4.90. The summed E-state index contributed by atoms with van der Waals surface area (Å²) < 4.78 is 12.8. The monoisotopic (exact) mass is 441 g/mol. The topological polar surface area (TPSA) is 65.4 Å². The number of amides is 1. The second kappa shape index (κ2) is 10.0. The summed E-state index contributed by atoms with van der Waals surface area (Å²) in [6, 6.07) is 24.7. The number of nitrogens with one attached hydrogen (secondary N) is 1. The molecule has 4 aromatic rings. The van der Waals surface area contributed by atoms with Gasteiger partial charge < -0.3 is 19.4 Å². The highest BCUT2D eigenvalue weighted by Crippen LogP contribution is 2.31. The average Bonchev–Trinajstić information content (AvgIpc) is 3.29. The average molecular weight is 442 g/mol. The summed E-state index contributed by atoms with van der Waals surface area (Å²) in [5.41, 5.74) is 2.65. The second-order valence-electron chi connectivity index (χ2n) is 7.74. The Morgan fingerprint density at radius 1 is 0.848 bits per heavy atom. The molecule has 6 nitrogen and oxygen atoms in total. The molecule has 0 radical (unpaired) electrons. The molecule has 1 heterocycles. The number of hydrogen-bond donors (Lipinski definition) is 1. The van der Waals surface area contributed by atoms with Gasteiger partial charge in [-0.1, -0.05) is 60.7 Å². The van der Waals surface area contributed by atoms with Gasteiger partial charge in [0, 0.05) is 25.5 Å². The minimum Gasteiger partial charge on any atom is -0.497 e.